The van der Waals surface area contributed by atoms with Gasteiger partial charge < -0.3 is 15.4 Å². The Kier molecular flexibility index (Phi) is 4.37. The maximum Gasteiger partial charge on any atom is 0.123 e. The van der Waals surface area contributed by atoms with Gasteiger partial charge in [0.1, 0.15) is 6.73 Å². The van der Waals surface area contributed by atoms with Crippen LogP contribution in [-0.2, 0) is 11.3 Å². The molecular formula is C21H24N2O. The van der Waals surface area contributed by atoms with Crippen LogP contribution in [0, 0.1) is 0 Å². The molecule has 0 bridgehead atoms. The number of hydrogen-bond acceptors (Lipinski definition) is 3. The van der Waals surface area contributed by atoms with Gasteiger partial charge in [0.25, 0.3) is 0 Å². The SMILES string of the molecule is NC1C2=C(CCCC2)N(COCc2ccccc2)c2ccccc21. The Balaban J connectivity index is 1.58. The van der Waals surface area contributed by atoms with Crippen molar-refractivity contribution in [2.24, 2.45) is 5.73 Å². The maximum absolute atomic E-state index is 6.56. The highest BCUT2D eigenvalue weighted by Crippen LogP contribution is 2.44. The molecule has 0 fully saturated rings. The fraction of sp³-hybridized carbons (Fsp3) is 0.333. The summed E-state index contributed by atoms with van der Waals surface area (Å²) in [6.07, 6.45) is 4.70. The summed E-state index contributed by atoms with van der Waals surface area (Å²) in [4.78, 5) is 2.34. The normalized spacial score (nSPS) is 19.9. The zero-order valence-electron chi connectivity index (χ0n) is 13.9. The number of benzene rings is 2. The van der Waals surface area contributed by atoms with Crippen LogP contribution in [0.15, 0.2) is 65.9 Å². The predicted octanol–water partition coefficient (Wildman–Crippen LogP) is 4.51. The first-order valence-electron chi connectivity index (χ1n) is 8.80. The first-order chi connectivity index (χ1) is 11.8. The van der Waals surface area contributed by atoms with Crippen molar-refractivity contribution < 1.29 is 4.74 Å². The summed E-state index contributed by atoms with van der Waals surface area (Å²) >= 11 is 0. The molecule has 24 heavy (non-hydrogen) atoms. The lowest BCUT2D eigenvalue weighted by Crippen LogP contribution is -2.35. The summed E-state index contributed by atoms with van der Waals surface area (Å²) < 4.78 is 6.05. The van der Waals surface area contributed by atoms with Crippen LogP contribution in [0.25, 0.3) is 0 Å². The number of para-hydroxylation sites is 1. The molecule has 1 atom stereocenters. The van der Waals surface area contributed by atoms with Gasteiger partial charge in [-0.25, -0.2) is 0 Å². The van der Waals surface area contributed by atoms with E-state index in [9.17, 15) is 0 Å². The van der Waals surface area contributed by atoms with E-state index in [0.29, 0.717) is 13.3 Å². The van der Waals surface area contributed by atoms with E-state index in [1.165, 1.54) is 40.9 Å². The topological polar surface area (TPSA) is 38.5 Å². The van der Waals surface area contributed by atoms with E-state index >= 15 is 0 Å². The van der Waals surface area contributed by atoms with Crippen molar-refractivity contribution in [2.75, 3.05) is 11.6 Å². The van der Waals surface area contributed by atoms with Gasteiger partial charge in [-0.15, -0.1) is 0 Å². The first-order valence-corrected chi connectivity index (χ1v) is 8.80. The van der Waals surface area contributed by atoms with Gasteiger partial charge in [0, 0.05) is 11.4 Å². The number of nitrogens with zero attached hydrogens (tertiary/aromatic N) is 1. The zero-order chi connectivity index (χ0) is 16.4. The second-order valence-corrected chi connectivity index (χ2v) is 6.61. The Morgan fingerprint density at radius 2 is 1.71 bits per heavy atom. The van der Waals surface area contributed by atoms with Crippen molar-refractivity contribution in [1.29, 1.82) is 0 Å². The lowest BCUT2D eigenvalue weighted by Gasteiger charge is -2.40. The molecule has 0 saturated carbocycles. The molecule has 0 aromatic heterocycles. The van der Waals surface area contributed by atoms with Gasteiger partial charge in [-0.1, -0.05) is 48.5 Å². The van der Waals surface area contributed by atoms with Gasteiger partial charge in [-0.2, -0.15) is 0 Å². The van der Waals surface area contributed by atoms with E-state index in [2.05, 4.69) is 53.4 Å². The molecule has 0 spiro atoms. The fourth-order valence-electron chi connectivity index (χ4n) is 3.86. The maximum atomic E-state index is 6.56. The average molecular weight is 320 g/mol. The van der Waals surface area contributed by atoms with Gasteiger partial charge in [0.2, 0.25) is 0 Å². The van der Waals surface area contributed by atoms with Crippen molar-refractivity contribution in [1.82, 2.24) is 0 Å². The molecule has 2 aromatic rings. The van der Waals surface area contributed by atoms with Crippen LogP contribution in [0.1, 0.15) is 42.9 Å². The van der Waals surface area contributed by atoms with Crippen molar-refractivity contribution in [3.05, 3.63) is 77.0 Å². The molecule has 124 valence electrons. The standard InChI is InChI=1S/C21H24N2O/c22-21-17-10-4-6-12-19(17)23(20-13-7-5-11-18(20)21)15-24-14-16-8-2-1-3-9-16/h1-4,6,8-10,12,21H,5,7,11,13-15,22H2. The van der Waals surface area contributed by atoms with Crippen LogP contribution in [0.4, 0.5) is 5.69 Å². The zero-order valence-corrected chi connectivity index (χ0v) is 13.9. The molecule has 0 radical (unpaired) electrons. The molecule has 2 aromatic carbocycles. The summed E-state index contributed by atoms with van der Waals surface area (Å²) in [5.41, 5.74) is 13.0. The van der Waals surface area contributed by atoms with Crippen LogP contribution < -0.4 is 10.6 Å². The molecule has 2 aliphatic rings. The minimum atomic E-state index is 0.0434. The number of fused-ring (bicyclic) bond motifs is 1. The second kappa shape index (κ2) is 6.80. The molecule has 1 heterocycles. The van der Waals surface area contributed by atoms with Crippen LogP contribution in [0.5, 0.6) is 0 Å². The molecule has 3 nitrogen and oxygen atoms in total. The average Bonchev–Trinajstić information content (AvgIpc) is 2.65. The largest absolute Gasteiger partial charge is 0.356 e. The monoisotopic (exact) mass is 320 g/mol. The lowest BCUT2D eigenvalue weighted by atomic mass is 9.83. The first kappa shape index (κ1) is 15.4. The third-order valence-corrected chi connectivity index (χ3v) is 5.08. The van der Waals surface area contributed by atoms with Gasteiger partial charge in [0.15, 0.2) is 0 Å². The molecule has 4 rings (SSSR count). The smallest absolute Gasteiger partial charge is 0.123 e. The van der Waals surface area contributed by atoms with Crippen molar-refractivity contribution in [3.8, 4) is 0 Å². The lowest BCUT2D eigenvalue weighted by molar-refractivity contribution is 0.123. The third kappa shape index (κ3) is 2.85. The molecule has 1 aliphatic heterocycles. The van der Waals surface area contributed by atoms with Gasteiger partial charge in [-0.05, 0) is 48.4 Å². The van der Waals surface area contributed by atoms with E-state index in [1.54, 1.807) is 0 Å². The number of ether oxygens (including phenoxy) is 1. The van der Waals surface area contributed by atoms with E-state index in [-0.39, 0.29) is 6.04 Å². The van der Waals surface area contributed by atoms with Gasteiger partial charge in [0.05, 0.1) is 12.6 Å². The van der Waals surface area contributed by atoms with Crippen molar-refractivity contribution in [3.63, 3.8) is 0 Å². The highest BCUT2D eigenvalue weighted by Gasteiger charge is 2.31. The number of rotatable bonds is 4. The highest BCUT2D eigenvalue weighted by atomic mass is 16.5. The Hall–Kier alpha value is -2.10. The van der Waals surface area contributed by atoms with Gasteiger partial charge in [-0.3, -0.25) is 0 Å². The molecular weight excluding hydrogens is 296 g/mol. The fourth-order valence-corrected chi connectivity index (χ4v) is 3.86. The van der Waals surface area contributed by atoms with Crippen molar-refractivity contribution in [2.45, 2.75) is 38.3 Å². The molecule has 0 saturated heterocycles. The van der Waals surface area contributed by atoms with E-state index in [1.807, 2.05) is 6.07 Å². The summed E-state index contributed by atoms with van der Waals surface area (Å²) in [6.45, 7) is 1.21. The summed E-state index contributed by atoms with van der Waals surface area (Å²) in [5.74, 6) is 0. The molecule has 3 heteroatoms. The second-order valence-electron chi connectivity index (χ2n) is 6.61. The number of allylic oxidation sites excluding steroid dienone is 1. The Bertz CT molecular complexity index is 739. The third-order valence-electron chi connectivity index (χ3n) is 5.08. The van der Waals surface area contributed by atoms with E-state index in [4.69, 9.17) is 10.5 Å². The van der Waals surface area contributed by atoms with Crippen molar-refractivity contribution >= 4 is 5.69 Å². The highest BCUT2D eigenvalue weighted by molar-refractivity contribution is 5.65. The number of nitrogens with two attached hydrogens (primary N) is 1. The summed E-state index contributed by atoms with van der Waals surface area (Å²) in [5, 5.41) is 0. The number of hydrogen-bond donors (Lipinski definition) is 1. The quantitative estimate of drug-likeness (QED) is 0.901. The minimum absolute atomic E-state index is 0.0434. The summed E-state index contributed by atoms with van der Waals surface area (Å²) in [7, 11) is 0. The summed E-state index contributed by atoms with van der Waals surface area (Å²) in [6, 6.07) is 18.9. The minimum Gasteiger partial charge on any atom is -0.356 e. The van der Waals surface area contributed by atoms with E-state index in [0.717, 1.165) is 12.8 Å². The molecule has 0 amide bonds. The Morgan fingerprint density at radius 1 is 0.958 bits per heavy atom. The van der Waals surface area contributed by atoms with Crippen LogP contribution in [0.3, 0.4) is 0 Å². The van der Waals surface area contributed by atoms with Crippen LogP contribution in [-0.4, -0.2) is 6.73 Å². The van der Waals surface area contributed by atoms with E-state index < -0.39 is 0 Å². The van der Waals surface area contributed by atoms with Crippen LogP contribution >= 0.6 is 0 Å². The Morgan fingerprint density at radius 3 is 2.58 bits per heavy atom. The van der Waals surface area contributed by atoms with Crippen LogP contribution in [0.2, 0.25) is 0 Å². The predicted molar refractivity (Wildman–Crippen MR) is 97.4 cm³/mol. The molecule has 2 N–H and O–H groups in total. The Labute approximate surface area is 143 Å². The molecule has 1 aliphatic carbocycles. The van der Waals surface area contributed by atoms with Gasteiger partial charge >= 0.3 is 0 Å². The number of anilines is 1. The molecule has 1 unspecified atom stereocenters.